The Hall–Kier alpha value is -1.96. The number of hydrogen-bond donors (Lipinski definition) is 1. The number of amides is 1. The molecule has 0 spiro atoms. The monoisotopic (exact) mass is 400 g/mol. The van der Waals surface area contributed by atoms with E-state index in [0.29, 0.717) is 22.1 Å². The quantitative estimate of drug-likeness (QED) is 0.858. The van der Waals surface area contributed by atoms with Crippen LogP contribution in [0.5, 0.6) is 5.75 Å². The summed E-state index contributed by atoms with van der Waals surface area (Å²) in [6.07, 6.45) is 0.0532. The van der Waals surface area contributed by atoms with Gasteiger partial charge in [-0.15, -0.1) is 0 Å². The zero-order chi connectivity index (χ0) is 18.2. The van der Waals surface area contributed by atoms with E-state index in [0.717, 1.165) is 10.6 Å². The van der Waals surface area contributed by atoms with Gasteiger partial charge in [-0.25, -0.2) is 8.42 Å². The molecule has 0 unspecified atom stereocenters. The fourth-order valence-electron chi connectivity index (χ4n) is 2.47. The fraction of sp³-hybridized carbons (Fsp3) is 0.188. The number of nitrogens with zero attached hydrogens (tertiary/aromatic N) is 1. The van der Waals surface area contributed by atoms with E-state index in [1.54, 1.807) is 42.5 Å². The number of rotatable bonds is 3. The molecular weight excluding hydrogens is 387 g/mol. The molecule has 0 bridgehead atoms. The van der Waals surface area contributed by atoms with Crippen molar-refractivity contribution in [1.29, 1.82) is 0 Å². The second kappa shape index (κ2) is 6.74. The Balaban J connectivity index is 1.88. The van der Waals surface area contributed by atoms with Crippen LogP contribution in [0.2, 0.25) is 10.0 Å². The molecule has 1 aliphatic heterocycles. The zero-order valence-corrected chi connectivity index (χ0v) is 15.4. The van der Waals surface area contributed by atoms with Crippen molar-refractivity contribution in [3.63, 3.8) is 0 Å². The lowest BCUT2D eigenvalue weighted by molar-refractivity contribution is -0.122. The molecule has 2 aromatic carbocycles. The zero-order valence-electron chi connectivity index (χ0n) is 13.1. The summed E-state index contributed by atoms with van der Waals surface area (Å²) in [6.45, 7) is -0.139. The Bertz CT molecular complexity index is 933. The van der Waals surface area contributed by atoms with Crippen LogP contribution in [0.1, 0.15) is 0 Å². The first-order chi connectivity index (χ1) is 11.8. The fourth-order valence-corrected chi connectivity index (χ4v) is 3.73. The predicted octanol–water partition coefficient (Wildman–Crippen LogP) is 3.16. The molecule has 0 saturated heterocycles. The summed E-state index contributed by atoms with van der Waals surface area (Å²) in [5.74, 6) is -0.205. The lowest BCUT2D eigenvalue weighted by Crippen LogP contribution is -2.48. The standard InChI is InChI=1S/C16H14Cl2N2O4S/c1-25(22,23)20-9-14(24-13-8-3-2-7-12(13)20)16(21)19-11-6-4-5-10(17)15(11)18/h2-8,14H,9H2,1H3,(H,19,21)/t14-/m1/s1. The van der Waals surface area contributed by atoms with Gasteiger partial charge in [-0.05, 0) is 24.3 Å². The average Bonchev–Trinajstić information content (AvgIpc) is 2.57. The average molecular weight is 401 g/mol. The highest BCUT2D eigenvalue weighted by atomic mass is 35.5. The van der Waals surface area contributed by atoms with Gasteiger partial charge in [0.2, 0.25) is 10.0 Å². The van der Waals surface area contributed by atoms with Gasteiger partial charge in [-0.3, -0.25) is 9.10 Å². The molecular formula is C16H14Cl2N2O4S. The predicted molar refractivity (Wildman–Crippen MR) is 98.1 cm³/mol. The molecule has 2 aromatic rings. The lowest BCUT2D eigenvalue weighted by Gasteiger charge is -2.33. The van der Waals surface area contributed by atoms with Crippen LogP contribution in [0.4, 0.5) is 11.4 Å². The van der Waals surface area contributed by atoms with E-state index in [9.17, 15) is 13.2 Å². The molecule has 25 heavy (non-hydrogen) atoms. The third kappa shape index (κ3) is 3.68. The van der Waals surface area contributed by atoms with Crippen molar-refractivity contribution in [3.05, 3.63) is 52.5 Å². The molecule has 0 aromatic heterocycles. The molecule has 1 heterocycles. The number of anilines is 2. The maximum atomic E-state index is 12.6. The van der Waals surface area contributed by atoms with Crippen LogP contribution < -0.4 is 14.4 Å². The molecule has 0 radical (unpaired) electrons. The SMILES string of the molecule is CS(=O)(=O)N1C[C@H](C(=O)Nc2cccc(Cl)c2Cl)Oc2ccccc21. The van der Waals surface area contributed by atoms with E-state index in [-0.39, 0.29) is 11.6 Å². The first-order valence-electron chi connectivity index (χ1n) is 7.25. The van der Waals surface area contributed by atoms with Crippen molar-refractivity contribution in [3.8, 4) is 5.75 Å². The number of carbonyl (C=O) groups excluding carboxylic acids is 1. The molecule has 6 nitrogen and oxygen atoms in total. The molecule has 1 aliphatic rings. The Morgan fingerprint density at radius 3 is 2.64 bits per heavy atom. The molecule has 3 rings (SSSR count). The number of carbonyl (C=O) groups is 1. The second-order valence-electron chi connectivity index (χ2n) is 5.46. The van der Waals surface area contributed by atoms with Crippen LogP contribution in [-0.4, -0.2) is 33.2 Å². The second-order valence-corrected chi connectivity index (χ2v) is 8.15. The van der Waals surface area contributed by atoms with Crippen molar-refractivity contribution in [1.82, 2.24) is 0 Å². The number of ether oxygens (including phenoxy) is 1. The topological polar surface area (TPSA) is 75.7 Å². The number of hydrogen-bond acceptors (Lipinski definition) is 4. The van der Waals surface area contributed by atoms with E-state index in [1.807, 2.05) is 0 Å². The van der Waals surface area contributed by atoms with Gasteiger partial charge in [-0.1, -0.05) is 41.4 Å². The van der Waals surface area contributed by atoms with E-state index in [1.165, 1.54) is 0 Å². The van der Waals surface area contributed by atoms with Crippen LogP contribution in [0.3, 0.4) is 0 Å². The Kier molecular flexibility index (Phi) is 4.81. The number of para-hydroxylation sites is 2. The van der Waals surface area contributed by atoms with Crippen molar-refractivity contribution in [2.24, 2.45) is 0 Å². The number of fused-ring (bicyclic) bond motifs is 1. The largest absolute Gasteiger partial charge is 0.476 e. The Morgan fingerprint density at radius 2 is 1.92 bits per heavy atom. The third-order valence-corrected chi connectivity index (χ3v) is 5.60. The van der Waals surface area contributed by atoms with Gasteiger partial charge in [0.05, 0.1) is 34.2 Å². The van der Waals surface area contributed by atoms with Gasteiger partial charge in [0.25, 0.3) is 5.91 Å². The van der Waals surface area contributed by atoms with Crippen molar-refractivity contribution in [2.75, 3.05) is 22.4 Å². The highest BCUT2D eigenvalue weighted by Crippen LogP contribution is 2.35. The third-order valence-electron chi connectivity index (χ3n) is 3.64. The molecule has 0 aliphatic carbocycles. The van der Waals surface area contributed by atoms with Crippen LogP contribution >= 0.6 is 23.2 Å². The first kappa shape index (κ1) is 17.8. The minimum atomic E-state index is -3.57. The van der Waals surface area contributed by atoms with Crippen LogP contribution in [0.25, 0.3) is 0 Å². The van der Waals surface area contributed by atoms with Gasteiger partial charge in [0, 0.05) is 0 Å². The highest BCUT2D eigenvalue weighted by Gasteiger charge is 2.35. The summed E-state index contributed by atoms with van der Waals surface area (Å²) >= 11 is 12.0. The number of sulfonamides is 1. The van der Waals surface area contributed by atoms with Crippen LogP contribution in [0.15, 0.2) is 42.5 Å². The van der Waals surface area contributed by atoms with Crippen molar-refractivity contribution in [2.45, 2.75) is 6.10 Å². The highest BCUT2D eigenvalue weighted by molar-refractivity contribution is 7.92. The summed E-state index contributed by atoms with van der Waals surface area (Å²) in [7, 11) is -3.57. The van der Waals surface area contributed by atoms with Crippen molar-refractivity contribution < 1.29 is 17.9 Å². The molecule has 132 valence electrons. The maximum absolute atomic E-state index is 12.6. The number of nitrogens with one attached hydrogen (secondary N) is 1. The summed E-state index contributed by atoms with van der Waals surface area (Å²) < 4.78 is 31.0. The van der Waals surface area contributed by atoms with E-state index in [2.05, 4.69) is 5.32 Å². The van der Waals surface area contributed by atoms with Gasteiger partial charge >= 0.3 is 0 Å². The molecule has 0 saturated carbocycles. The van der Waals surface area contributed by atoms with E-state index < -0.39 is 22.0 Å². The Morgan fingerprint density at radius 1 is 1.20 bits per heavy atom. The smallest absolute Gasteiger partial charge is 0.267 e. The number of halogens is 2. The summed E-state index contributed by atoms with van der Waals surface area (Å²) in [6, 6.07) is 11.5. The van der Waals surface area contributed by atoms with Gasteiger partial charge in [0.15, 0.2) is 6.10 Å². The lowest BCUT2D eigenvalue weighted by atomic mass is 10.2. The van der Waals surface area contributed by atoms with Gasteiger partial charge < -0.3 is 10.1 Å². The summed E-state index contributed by atoms with van der Waals surface area (Å²) in [5.41, 5.74) is 0.724. The summed E-state index contributed by atoms with van der Waals surface area (Å²) in [4.78, 5) is 12.6. The van der Waals surface area contributed by atoms with Crippen molar-refractivity contribution >= 4 is 50.5 Å². The first-order valence-corrected chi connectivity index (χ1v) is 9.86. The molecule has 1 N–H and O–H groups in total. The molecule has 0 fully saturated rings. The summed E-state index contributed by atoms with van der Waals surface area (Å²) in [5, 5.41) is 3.12. The van der Waals surface area contributed by atoms with E-state index >= 15 is 0 Å². The maximum Gasteiger partial charge on any atom is 0.267 e. The Labute approximate surface area is 155 Å². The minimum absolute atomic E-state index is 0.139. The van der Waals surface area contributed by atoms with Gasteiger partial charge in [0.1, 0.15) is 5.75 Å². The minimum Gasteiger partial charge on any atom is -0.476 e. The van der Waals surface area contributed by atoms with Crippen LogP contribution in [-0.2, 0) is 14.8 Å². The van der Waals surface area contributed by atoms with Gasteiger partial charge in [-0.2, -0.15) is 0 Å². The molecule has 9 heteroatoms. The number of benzene rings is 2. The van der Waals surface area contributed by atoms with Crippen LogP contribution in [0, 0.1) is 0 Å². The van der Waals surface area contributed by atoms with E-state index in [4.69, 9.17) is 27.9 Å². The molecule has 1 amide bonds. The molecule has 1 atom stereocenters. The normalized spacial score (nSPS) is 16.8.